The second kappa shape index (κ2) is 10.8. The zero-order chi connectivity index (χ0) is 26.6. The molecule has 0 aliphatic heterocycles. The van der Waals surface area contributed by atoms with Gasteiger partial charge in [-0.1, -0.05) is 92.2 Å². The second-order valence-corrected chi connectivity index (χ2v) is 9.52. The Labute approximate surface area is 225 Å². The molecule has 0 fully saturated rings. The van der Waals surface area contributed by atoms with Gasteiger partial charge in [0.2, 0.25) is 5.82 Å². The number of rotatable bonds is 9. The van der Waals surface area contributed by atoms with Crippen molar-refractivity contribution in [3.05, 3.63) is 112 Å². The predicted molar refractivity (Wildman–Crippen MR) is 150 cm³/mol. The monoisotopic (exact) mass is 516 g/mol. The fourth-order valence-corrected chi connectivity index (χ4v) is 4.88. The van der Waals surface area contributed by atoms with E-state index in [1.54, 1.807) is 6.20 Å². The van der Waals surface area contributed by atoms with Crippen molar-refractivity contribution >= 4 is 11.0 Å². The number of H-pyrrole nitrogens is 1. The van der Waals surface area contributed by atoms with Crippen LogP contribution in [0.15, 0.2) is 89.9 Å². The van der Waals surface area contributed by atoms with E-state index in [4.69, 9.17) is 4.98 Å². The number of unbranched alkanes of at least 4 members (excludes halogenated alkanes) is 1. The van der Waals surface area contributed by atoms with Crippen molar-refractivity contribution in [1.29, 1.82) is 0 Å². The molecule has 0 unspecified atom stereocenters. The second-order valence-electron chi connectivity index (χ2n) is 9.52. The third-order valence-corrected chi connectivity index (χ3v) is 6.88. The van der Waals surface area contributed by atoms with E-state index in [9.17, 15) is 4.79 Å². The topological polar surface area (TPSA) is 107 Å². The molecule has 0 saturated heterocycles. The largest absolute Gasteiger partial charge is 0.319 e. The van der Waals surface area contributed by atoms with Crippen molar-refractivity contribution in [3.8, 4) is 22.5 Å². The molecular weight excluding hydrogens is 488 g/mol. The lowest BCUT2D eigenvalue weighted by atomic mass is 9.98. The van der Waals surface area contributed by atoms with Gasteiger partial charge in [0, 0.05) is 18.5 Å². The van der Waals surface area contributed by atoms with Crippen molar-refractivity contribution in [1.82, 2.24) is 40.0 Å². The van der Waals surface area contributed by atoms with Crippen LogP contribution in [-0.2, 0) is 19.5 Å². The summed E-state index contributed by atoms with van der Waals surface area (Å²) in [6.45, 7) is 3.12. The number of nitrogens with one attached hydrogen (secondary N) is 1. The highest BCUT2D eigenvalue weighted by molar-refractivity contribution is 5.80. The molecule has 9 heteroatoms. The molecular formula is C30H28N8O. The van der Waals surface area contributed by atoms with E-state index in [0.29, 0.717) is 29.9 Å². The fraction of sp³-hybridized carbons (Fsp3) is 0.200. The van der Waals surface area contributed by atoms with E-state index in [1.807, 2.05) is 48.5 Å². The van der Waals surface area contributed by atoms with Gasteiger partial charge in [-0.2, -0.15) is 10.3 Å². The van der Waals surface area contributed by atoms with Gasteiger partial charge < -0.3 is 4.57 Å². The molecule has 3 aromatic carbocycles. The lowest BCUT2D eigenvalue weighted by Crippen LogP contribution is -2.25. The zero-order valence-electron chi connectivity index (χ0n) is 21.7. The standard InChI is InChI=1S/C30H28N8O/c1-2-3-13-27-32-26-18-31-38(20-21-9-5-4-6-10-21)30(39)28(26)37(27)19-22-14-16-23(17-15-22)24-11-7-8-12-25(24)29-33-35-36-34-29/h4-12,14-18H,2-3,13,19-20H2,1H3,(H,33,34,35,36). The lowest BCUT2D eigenvalue weighted by Gasteiger charge is -2.12. The Bertz CT molecular complexity index is 1750. The minimum Gasteiger partial charge on any atom is -0.319 e. The van der Waals surface area contributed by atoms with Crippen LogP contribution < -0.4 is 5.56 Å². The number of hydrogen-bond donors (Lipinski definition) is 1. The molecule has 0 radical (unpaired) electrons. The fourth-order valence-electron chi connectivity index (χ4n) is 4.88. The first kappa shape index (κ1) is 24.4. The van der Waals surface area contributed by atoms with E-state index < -0.39 is 0 Å². The summed E-state index contributed by atoms with van der Waals surface area (Å²) in [4.78, 5) is 18.5. The smallest absolute Gasteiger partial charge is 0.293 e. The molecule has 0 amide bonds. The summed E-state index contributed by atoms with van der Waals surface area (Å²) >= 11 is 0. The van der Waals surface area contributed by atoms with E-state index >= 15 is 0 Å². The third kappa shape index (κ3) is 4.98. The number of aryl methyl sites for hydroxylation is 1. The highest BCUT2D eigenvalue weighted by Crippen LogP contribution is 2.30. The van der Waals surface area contributed by atoms with Gasteiger partial charge in [0.25, 0.3) is 5.56 Å². The summed E-state index contributed by atoms with van der Waals surface area (Å²) < 4.78 is 3.59. The molecule has 3 aromatic heterocycles. The van der Waals surface area contributed by atoms with Crippen molar-refractivity contribution in [2.45, 2.75) is 39.3 Å². The van der Waals surface area contributed by atoms with Gasteiger partial charge in [-0.15, -0.1) is 10.2 Å². The molecule has 0 aliphatic carbocycles. The zero-order valence-corrected chi connectivity index (χ0v) is 21.7. The first-order valence-electron chi connectivity index (χ1n) is 13.1. The lowest BCUT2D eigenvalue weighted by molar-refractivity contribution is 0.638. The molecule has 0 aliphatic rings. The molecule has 3 heterocycles. The number of nitrogens with zero attached hydrogens (tertiary/aromatic N) is 7. The average molecular weight is 517 g/mol. The Morgan fingerprint density at radius 2 is 1.59 bits per heavy atom. The summed E-state index contributed by atoms with van der Waals surface area (Å²) in [6.07, 6.45) is 4.57. The molecule has 39 heavy (non-hydrogen) atoms. The minimum absolute atomic E-state index is 0.128. The number of aromatic amines is 1. The Balaban J connectivity index is 1.36. The molecule has 9 nitrogen and oxygen atoms in total. The van der Waals surface area contributed by atoms with Crippen molar-refractivity contribution in [3.63, 3.8) is 0 Å². The first-order valence-corrected chi connectivity index (χ1v) is 13.1. The molecule has 0 bridgehead atoms. The van der Waals surface area contributed by atoms with Crippen LogP contribution in [0.4, 0.5) is 0 Å². The number of tetrazole rings is 1. The maximum Gasteiger partial charge on any atom is 0.293 e. The van der Waals surface area contributed by atoms with Gasteiger partial charge in [-0.3, -0.25) is 4.79 Å². The molecule has 6 rings (SSSR count). The van der Waals surface area contributed by atoms with Gasteiger partial charge in [-0.05, 0) is 33.9 Å². The minimum atomic E-state index is -0.128. The normalized spacial score (nSPS) is 11.3. The van der Waals surface area contributed by atoms with Crippen LogP contribution in [0.2, 0.25) is 0 Å². The van der Waals surface area contributed by atoms with Crippen LogP contribution in [0.5, 0.6) is 0 Å². The Hall–Kier alpha value is -4.92. The highest BCUT2D eigenvalue weighted by atomic mass is 16.1. The molecule has 0 saturated carbocycles. The van der Waals surface area contributed by atoms with Gasteiger partial charge in [0.15, 0.2) is 0 Å². The van der Waals surface area contributed by atoms with E-state index in [0.717, 1.165) is 52.9 Å². The predicted octanol–water partition coefficient (Wildman–Crippen LogP) is 4.88. The third-order valence-electron chi connectivity index (χ3n) is 6.88. The quantitative estimate of drug-likeness (QED) is 0.294. The number of benzene rings is 3. The summed E-state index contributed by atoms with van der Waals surface area (Å²) in [5.74, 6) is 1.47. The number of fused-ring (bicyclic) bond motifs is 1. The molecule has 0 atom stereocenters. The van der Waals surface area contributed by atoms with E-state index in [-0.39, 0.29) is 5.56 Å². The van der Waals surface area contributed by atoms with Crippen LogP contribution in [0.3, 0.4) is 0 Å². The van der Waals surface area contributed by atoms with Gasteiger partial charge in [0.05, 0.1) is 12.7 Å². The average Bonchev–Trinajstić information content (AvgIpc) is 3.63. The Kier molecular flexibility index (Phi) is 6.78. The van der Waals surface area contributed by atoms with Crippen molar-refractivity contribution in [2.24, 2.45) is 0 Å². The SMILES string of the molecule is CCCCc1nc2cnn(Cc3ccccc3)c(=O)c2n1Cc1ccc(-c2ccccc2-c2nn[nH]n2)cc1. The summed E-state index contributed by atoms with van der Waals surface area (Å²) in [7, 11) is 0. The van der Waals surface area contributed by atoms with Crippen molar-refractivity contribution < 1.29 is 0 Å². The summed E-state index contributed by atoms with van der Waals surface area (Å²) in [6, 6.07) is 26.3. The Morgan fingerprint density at radius 3 is 2.33 bits per heavy atom. The van der Waals surface area contributed by atoms with Crippen LogP contribution in [0.25, 0.3) is 33.5 Å². The number of aromatic nitrogens is 8. The van der Waals surface area contributed by atoms with Crippen molar-refractivity contribution in [2.75, 3.05) is 0 Å². The maximum atomic E-state index is 13.6. The van der Waals surface area contributed by atoms with Crippen LogP contribution in [0, 0.1) is 0 Å². The summed E-state index contributed by atoms with van der Waals surface area (Å²) in [5.41, 5.74) is 6.20. The summed E-state index contributed by atoms with van der Waals surface area (Å²) in [5, 5.41) is 19.0. The Morgan fingerprint density at radius 1 is 0.846 bits per heavy atom. The van der Waals surface area contributed by atoms with Crippen LogP contribution in [-0.4, -0.2) is 40.0 Å². The molecule has 194 valence electrons. The van der Waals surface area contributed by atoms with Crippen LogP contribution >= 0.6 is 0 Å². The number of imidazole rings is 1. The van der Waals surface area contributed by atoms with Gasteiger partial charge in [-0.25, -0.2) is 9.67 Å². The van der Waals surface area contributed by atoms with Crippen LogP contribution in [0.1, 0.15) is 36.7 Å². The molecule has 1 N–H and O–H groups in total. The highest BCUT2D eigenvalue weighted by Gasteiger charge is 2.17. The van der Waals surface area contributed by atoms with E-state index in [1.165, 1.54) is 4.68 Å². The van der Waals surface area contributed by atoms with Gasteiger partial charge >= 0.3 is 0 Å². The molecule has 0 spiro atoms. The number of hydrogen-bond acceptors (Lipinski definition) is 6. The molecule has 6 aromatic rings. The maximum absolute atomic E-state index is 13.6. The van der Waals surface area contributed by atoms with E-state index in [2.05, 4.69) is 67.5 Å². The first-order chi connectivity index (χ1) is 19.2. The van der Waals surface area contributed by atoms with Gasteiger partial charge in [0.1, 0.15) is 16.9 Å².